The Bertz CT molecular complexity index is 486. The number of hydrogen-bond donors (Lipinski definition) is 1. The van der Waals surface area contributed by atoms with Gasteiger partial charge in [0.05, 0.1) is 5.25 Å². The summed E-state index contributed by atoms with van der Waals surface area (Å²) in [5.74, 6) is 0.110. The Balaban J connectivity index is 1.97. The molecule has 1 atom stereocenters. The molecule has 0 bridgehead atoms. The average Bonchev–Trinajstić information content (AvgIpc) is 2.49. The molecule has 2 rings (SSSR count). The number of halogens is 1. The Labute approximate surface area is 137 Å². The second-order valence-corrected chi connectivity index (χ2v) is 7.69. The summed E-state index contributed by atoms with van der Waals surface area (Å²) in [6.07, 6.45) is 7.34. The number of hydrogen-bond acceptors (Lipinski definition) is 2. The van der Waals surface area contributed by atoms with E-state index in [-0.39, 0.29) is 11.2 Å². The van der Waals surface area contributed by atoms with Crippen LogP contribution in [0.25, 0.3) is 0 Å². The maximum atomic E-state index is 12.5. The number of benzene rings is 1. The summed E-state index contributed by atoms with van der Waals surface area (Å²) < 4.78 is 0. The molecule has 1 aromatic rings. The quantitative estimate of drug-likeness (QED) is 0.781. The highest BCUT2D eigenvalue weighted by Crippen LogP contribution is 2.33. The molecule has 0 saturated heterocycles. The second-order valence-electron chi connectivity index (χ2n) is 5.74. The summed E-state index contributed by atoms with van der Waals surface area (Å²) >= 11 is 7.87. The average molecular weight is 326 g/mol. The molecule has 1 aliphatic rings. The molecule has 1 N–H and O–H groups in total. The zero-order valence-corrected chi connectivity index (χ0v) is 14.4. The number of amides is 1. The van der Waals surface area contributed by atoms with Crippen LogP contribution >= 0.6 is 23.4 Å². The lowest BCUT2D eigenvalue weighted by Crippen LogP contribution is -2.27. The van der Waals surface area contributed by atoms with E-state index in [1.807, 2.05) is 36.9 Å². The SMILES string of the molecule is CCC(SC1CCCCC1)C(=O)Nc1cc(Cl)ccc1C. The largest absolute Gasteiger partial charge is 0.325 e. The topological polar surface area (TPSA) is 29.1 Å². The van der Waals surface area contributed by atoms with Gasteiger partial charge in [0, 0.05) is 16.0 Å². The lowest BCUT2D eigenvalue weighted by Gasteiger charge is -2.25. The van der Waals surface area contributed by atoms with Gasteiger partial charge in [-0.3, -0.25) is 4.79 Å². The monoisotopic (exact) mass is 325 g/mol. The van der Waals surface area contributed by atoms with Gasteiger partial charge in [-0.25, -0.2) is 0 Å². The van der Waals surface area contributed by atoms with Gasteiger partial charge in [0.25, 0.3) is 0 Å². The first-order valence-electron chi connectivity index (χ1n) is 7.82. The van der Waals surface area contributed by atoms with Crippen molar-refractivity contribution in [3.63, 3.8) is 0 Å². The van der Waals surface area contributed by atoms with E-state index in [4.69, 9.17) is 11.6 Å². The smallest absolute Gasteiger partial charge is 0.237 e. The van der Waals surface area contributed by atoms with Crippen LogP contribution in [0.4, 0.5) is 5.69 Å². The first-order chi connectivity index (χ1) is 10.1. The Morgan fingerprint density at radius 3 is 2.76 bits per heavy atom. The molecular formula is C17H24ClNOS. The maximum absolute atomic E-state index is 12.5. The van der Waals surface area contributed by atoms with Crippen molar-refractivity contribution in [2.45, 2.75) is 62.9 Å². The van der Waals surface area contributed by atoms with Crippen LogP contribution < -0.4 is 5.32 Å². The summed E-state index contributed by atoms with van der Waals surface area (Å²) in [6, 6.07) is 5.61. The highest BCUT2D eigenvalue weighted by molar-refractivity contribution is 8.01. The van der Waals surface area contributed by atoms with Crippen molar-refractivity contribution in [1.82, 2.24) is 0 Å². The van der Waals surface area contributed by atoms with Crippen molar-refractivity contribution in [1.29, 1.82) is 0 Å². The second kappa shape index (κ2) is 8.09. The molecule has 0 heterocycles. The van der Waals surface area contributed by atoms with Crippen molar-refractivity contribution in [3.05, 3.63) is 28.8 Å². The van der Waals surface area contributed by atoms with Crippen LogP contribution in [0.15, 0.2) is 18.2 Å². The Hall–Kier alpha value is -0.670. The summed E-state index contributed by atoms with van der Waals surface area (Å²) in [5, 5.41) is 4.39. The molecule has 0 aliphatic heterocycles. The summed E-state index contributed by atoms with van der Waals surface area (Å²) in [6.45, 7) is 4.08. The van der Waals surface area contributed by atoms with E-state index in [2.05, 4.69) is 12.2 Å². The predicted octanol–water partition coefficient (Wildman–Crippen LogP) is 5.43. The summed E-state index contributed by atoms with van der Waals surface area (Å²) in [5.41, 5.74) is 1.88. The third kappa shape index (κ3) is 4.93. The van der Waals surface area contributed by atoms with E-state index in [1.54, 1.807) is 0 Å². The predicted molar refractivity (Wildman–Crippen MR) is 93.4 cm³/mol. The van der Waals surface area contributed by atoms with Gasteiger partial charge in [0.2, 0.25) is 5.91 Å². The van der Waals surface area contributed by atoms with Crippen LogP contribution in [-0.2, 0) is 4.79 Å². The van der Waals surface area contributed by atoms with Gasteiger partial charge < -0.3 is 5.32 Å². The lowest BCUT2D eigenvalue weighted by molar-refractivity contribution is -0.115. The minimum absolute atomic E-state index is 0.0338. The van der Waals surface area contributed by atoms with E-state index in [9.17, 15) is 4.79 Å². The molecular weight excluding hydrogens is 302 g/mol. The molecule has 0 aromatic heterocycles. The van der Waals surface area contributed by atoms with Gasteiger partial charge in [-0.1, -0.05) is 43.9 Å². The summed E-state index contributed by atoms with van der Waals surface area (Å²) in [4.78, 5) is 12.5. The number of carbonyl (C=O) groups is 1. The molecule has 0 radical (unpaired) electrons. The van der Waals surface area contributed by atoms with Crippen molar-refractivity contribution in [2.24, 2.45) is 0 Å². The van der Waals surface area contributed by atoms with Crippen LogP contribution in [0.3, 0.4) is 0 Å². The van der Waals surface area contributed by atoms with Crippen LogP contribution in [0.1, 0.15) is 51.0 Å². The minimum Gasteiger partial charge on any atom is -0.325 e. The molecule has 1 amide bonds. The number of anilines is 1. The molecule has 1 unspecified atom stereocenters. The highest BCUT2D eigenvalue weighted by atomic mass is 35.5. The van der Waals surface area contributed by atoms with E-state index in [0.717, 1.165) is 17.7 Å². The molecule has 4 heteroatoms. The highest BCUT2D eigenvalue weighted by Gasteiger charge is 2.23. The van der Waals surface area contributed by atoms with Crippen LogP contribution in [0, 0.1) is 6.92 Å². The summed E-state index contributed by atoms with van der Waals surface area (Å²) in [7, 11) is 0. The number of nitrogens with one attached hydrogen (secondary N) is 1. The van der Waals surface area contributed by atoms with Crippen molar-refractivity contribution in [3.8, 4) is 0 Å². The van der Waals surface area contributed by atoms with Crippen molar-refractivity contribution in [2.75, 3.05) is 5.32 Å². The number of carbonyl (C=O) groups excluding carboxylic acids is 1. The van der Waals surface area contributed by atoms with Crippen molar-refractivity contribution >= 4 is 35.0 Å². The standard InChI is InChI=1S/C17H24ClNOS/c1-3-16(21-14-7-5-4-6-8-14)17(20)19-15-11-13(18)10-9-12(15)2/h9-11,14,16H,3-8H2,1-2H3,(H,19,20). The normalized spacial score (nSPS) is 17.5. The molecule has 21 heavy (non-hydrogen) atoms. The van der Waals surface area contributed by atoms with Crippen LogP contribution in [0.5, 0.6) is 0 Å². The van der Waals surface area contributed by atoms with Gasteiger partial charge in [-0.05, 0) is 43.9 Å². The molecule has 1 aliphatic carbocycles. The fourth-order valence-electron chi connectivity index (χ4n) is 2.72. The number of thioether (sulfide) groups is 1. The van der Waals surface area contributed by atoms with Gasteiger partial charge in [0.1, 0.15) is 0 Å². The Morgan fingerprint density at radius 1 is 1.38 bits per heavy atom. The first-order valence-corrected chi connectivity index (χ1v) is 9.14. The van der Waals surface area contributed by atoms with Crippen LogP contribution in [0.2, 0.25) is 5.02 Å². The van der Waals surface area contributed by atoms with Gasteiger partial charge in [-0.15, -0.1) is 11.8 Å². The molecule has 1 aromatic carbocycles. The van der Waals surface area contributed by atoms with E-state index in [0.29, 0.717) is 10.3 Å². The molecule has 116 valence electrons. The molecule has 2 nitrogen and oxygen atoms in total. The number of rotatable bonds is 5. The zero-order valence-electron chi connectivity index (χ0n) is 12.8. The Morgan fingerprint density at radius 2 is 2.10 bits per heavy atom. The molecule has 1 fully saturated rings. The van der Waals surface area contributed by atoms with Crippen LogP contribution in [-0.4, -0.2) is 16.4 Å². The number of aryl methyl sites for hydroxylation is 1. The third-order valence-corrected chi connectivity index (χ3v) is 6.00. The molecule has 0 spiro atoms. The first kappa shape index (κ1) is 16.7. The fraction of sp³-hybridized carbons (Fsp3) is 0.588. The van der Waals surface area contributed by atoms with Crippen molar-refractivity contribution < 1.29 is 4.79 Å². The van der Waals surface area contributed by atoms with E-state index in [1.165, 1.54) is 32.1 Å². The van der Waals surface area contributed by atoms with Gasteiger partial charge in [0.15, 0.2) is 0 Å². The lowest BCUT2D eigenvalue weighted by atomic mass is 10.0. The zero-order chi connectivity index (χ0) is 15.2. The fourth-order valence-corrected chi connectivity index (χ4v) is 4.34. The van der Waals surface area contributed by atoms with E-state index < -0.39 is 0 Å². The Kier molecular flexibility index (Phi) is 6.43. The molecule has 1 saturated carbocycles. The third-order valence-electron chi connectivity index (χ3n) is 4.03. The van der Waals surface area contributed by atoms with Gasteiger partial charge in [-0.2, -0.15) is 0 Å². The van der Waals surface area contributed by atoms with Gasteiger partial charge >= 0.3 is 0 Å². The maximum Gasteiger partial charge on any atom is 0.237 e. The van der Waals surface area contributed by atoms with E-state index >= 15 is 0 Å². The minimum atomic E-state index is 0.0338.